The minimum Gasteiger partial charge on any atom is -0.382 e. The van der Waals surface area contributed by atoms with Crippen molar-refractivity contribution >= 4 is 27.3 Å². The summed E-state index contributed by atoms with van der Waals surface area (Å²) in [5, 5.41) is 6.47. The number of likely N-dealkylation sites (tertiary alicyclic amines) is 1. The zero-order valence-electron chi connectivity index (χ0n) is 25.7. The van der Waals surface area contributed by atoms with Crippen LogP contribution in [-0.4, -0.2) is 67.7 Å². The van der Waals surface area contributed by atoms with E-state index in [-0.39, 0.29) is 48.1 Å². The van der Waals surface area contributed by atoms with E-state index in [0.717, 1.165) is 19.6 Å². The Kier molecular flexibility index (Phi) is 8.53. The van der Waals surface area contributed by atoms with Crippen molar-refractivity contribution in [3.63, 3.8) is 0 Å². The Morgan fingerprint density at radius 3 is 2.50 bits per heavy atom. The summed E-state index contributed by atoms with van der Waals surface area (Å²) in [7, 11) is -3.57. The lowest BCUT2D eigenvalue weighted by atomic mass is 9.85. The lowest BCUT2D eigenvalue weighted by molar-refractivity contribution is -0.126. The molecule has 1 aliphatic carbocycles. The van der Waals surface area contributed by atoms with Gasteiger partial charge in [-0.05, 0) is 75.6 Å². The monoisotopic (exact) mass is 629 g/mol. The molecule has 4 heterocycles. The van der Waals surface area contributed by atoms with E-state index >= 15 is 4.39 Å². The summed E-state index contributed by atoms with van der Waals surface area (Å²) < 4.78 is 49.9. The zero-order chi connectivity index (χ0) is 31.2. The Balaban J connectivity index is 1.21. The average molecular weight is 630 g/mol. The summed E-state index contributed by atoms with van der Waals surface area (Å²) in [5.74, 6) is -1.62. The topological polar surface area (TPSA) is 136 Å². The van der Waals surface area contributed by atoms with Crippen LogP contribution in [0.25, 0.3) is 5.69 Å². The third kappa shape index (κ3) is 6.12. The van der Waals surface area contributed by atoms with Crippen LogP contribution >= 0.6 is 0 Å². The van der Waals surface area contributed by atoms with Gasteiger partial charge in [0.05, 0.1) is 46.5 Å². The highest BCUT2D eigenvalue weighted by molar-refractivity contribution is 7.91. The van der Waals surface area contributed by atoms with Gasteiger partial charge >= 0.3 is 0 Å². The van der Waals surface area contributed by atoms with Crippen LogP contribution in [0.1, 0.15) is 86.1 Å². The van der Waals surface area contributed by atoms with Crippen molar-refractivity contribution in [3.05, 3.63) is 40.5 Å². The molecule has 2 aromatic rings. The first-order valence-electron chi connectivity index (χ1n) is 15.9. The summed E-state index contributed by atoms with van der Waals surface area (Å²) in [6.45, 7) is 7.97. The van der Waals surface area contributed by atoms with Gasteiger partial charge < -0.3 is 30.6 Å². The first kappa shape index (κ1) is 31.0. The molecule has 0 unspecified atom stereocenters. The van der Waals surface area contributed by atoms with Gasteiger partial charge in [-0.15, -0.1) is 0 Å². The minimum absolute atomic E-state index is 0.0321. The lowest BCUT2D eigenvalue weighted by Gasteiger charge is -2.31. The number of hydrogen-bond donors (Lipinski definition) is 3. The Hall–Kier alpha value is -2.96. The quantitative estimate of drug-likeness (QED) is 0.406. The summed E-state index contributed by atoms with van der Waals surface area (Å²) >= 11 is 0. The second kappa shape index (κ2) is 12.1. The molecule has 3 aliphatic heterocycles. The van der Waals surface area contributed by atoms with Crippen molar-refractivity contribution in [2.24, 2.45) is 17.1 Å². The fraction of sp³-hybridized carbons (Fsp3) is 0.625. The number of ether oxygens (including phenoxy) is 1. The van der Waals surface area contributed by atoms with E-state index in [0.29, 0.717) is 66.2 Å². The number of aromatic nitrogens is 1. The second-order valence-corrected chi connectivity index (χ2v) is 15.7. The first-order chi connectivity index (χ1) is 20.9. The number of halogens is 1. The molecule has 4 aliphatic rings. The van der Waals surface area contributed by atoms with E-state index in [1.165, 1.54) is 25.3 Å². The molecule has 2 fully saturated rings. The molecule has 0 bridgehead atoms. The van der Waals surface area contributed by atoms with Crippen LogP contribution in [0.4, 0.5) is 10.1 Å². The van der Waals surface area contributed by atoms with E-state index in [9.17, 15) is 18.0 Å². The van der Waals surface area contributed by atoms with E-state index in [1.807, 2.05) is 13.8 Å². The van der Waals surface area contributed by atoms with Gasteiger partial charge in [0.15, 0.2) is 9.84 Å². The molecule has 1 aromatic heterocycles. The van der Waals surface area contributed by atoms with Gasteiger partial charge in [0.2, 0.25) is 5.91 Å². The van der Waals surface area contributed by atoms with E-state index in [4.69, 9.17) is 10.5 Å². The van der Waals surface area contributed by atoms with Crippen LogP contribution in [0.5, 0.6) is 0 Å². The normalized spacial score (nSPS) is 24.3. The molecule has 12 heteroatoms. The third-order valence-electron chi connectivity index (χ3n) is 9.66. The van der Waals surface area contributed by atoms with Crippen molar-refractivity contribution in [2.45, 2.75) is 89.4 Å². The molecule has 6 rings (SSSR count). The van der Waals surface area contributed by atoms with E-state index < -0.39 is 27.0 Å². The predicted octanol–water partition coefficient (Wildman–Crippen LogP) is 3.67. The molecule has 1 saturated heterocycles. The number of nitrogens with one attached hydrogen (secondary N) is 2. The number of benzene rings is 1. The summed E-state index contributed by atoms with van der Waals surface area (Å²) in [5.41, 5.74) is 7.57. The van der Waals surface area contributed by atoms with Gasteiger partial charge in [-0.25, -0.2) is 12.8 Å². The third-order valence-corrected chi connectivity index (χ3v) is 11.9. The number of anilines is 1. The van der Waals surface area contributed by atoms with Gasteiger partial charge in [0.25, 0.3) is 5.91 Å². The average Bonchev–Trinajstić information content (AvgIpc) is 3.52. The summed E-state index contributed by atoms with van der Waals surface area (Å²) in [4.78, 5) is 28.0. The van der Waals surface area contributed by atoms with Crippen LogP contribution in [0.15, 0.2) is 17.0 Å². The number of sulfone groups is 1. The predicted molar refractivity (Wildman–Crippen MR) is 165 cm³/mol. The highest BCUT2D eigenvalue weighted by atomic mass is 32.2. The number of nitrogens with zero attached hydrogens (tertiary/aromatic N) is 2. The minimum atomic E-state index is -3.57. The molecular formula is C32H44FN5O5S. The van der Waals surface area contributed by atoms with Crippen molar-refractivity contribution in [3.8, 4) is 5.69 Å². The number of amides is 2. The number of primary amides is 1. The molecule has 44 heavy (non-hydrogen) atoms. The maximum Gasteiger partial charge on any atom is 0.253 e. The van der Waals surface area contributed by atoms with Crippen LogP contribution in [0, 0.1) is 17.2 Å². The molecule has 0 radical (unpaired) electrons. The Morgan fingerprint density at radius 1 is 1.07 bits per heavy atom. The Labute approximate surface area is 258 Å². The summed E-state index contributed by atoms with van der Waals surface area (Å²) in [6.07, 6.45) is 6.96. The molecule has 240 valence electrons. The van der Waals surface area contributed by atoms with Gasteiger partial charge in [0.1, 0.15) is 5.82 Å². The fourth-order valence-corrected chi connectivity index (χ4v) is 10.0. The zero-order valence-corrected chi connectivity index (χ0v) is 26.5. The molecular weight excluding hydrogens is 585 g/mol. The van der Waals surface area contributed by atoms with Crippen molar-refractivity contribution < 1.29 is 27.1 Å². The largest absolute Gasteiger partial charge is 0.382 e. The molecule has 0 spiro atoms. The smallest absolute Gasteiger partial charge is 0.253 e. The number of fused-ring (bicyclic) bond motifs is 3. The molecule has 10 nitrogen and oxygen atoms in total. The SMILES string of the molecule is CC1(C)Cc2c(c3c(n2-c2cc(F)c(C(N)=O)c(NC4CCC(C(=O)NCCN5CCCCC5)CC4)c2)COC3)S(=O)(=O)C1. The molecule has 2 amide bonds. The highest BCUT2D eigenvalue weighted by Crippen LogP contribution is 2.44. The Morgan fingerprint density at radius 2 is 1.80 bits per heavy atom. The number of nitrogens with two attached hydrogens (primary N) is 1. The first-order valence-corrected chi connectivity index (χ1v) is 17.5. The van der Waals surface area contributed by atoms with E-state index in [2.05, 4.69) is 15.5 Å². The van der Waals surface area contributed by atoms with Gasteiger partial charge in [-0.3, -0.25) is 9.59 Å². The van der Waals surface area contributed by atoms with E-state index in [1.54, 1.807) is 10.6 Å². The molecule has 1 saturated carbocycles. The lowest BCUT2D eigenvalue weighted by Crippen LogP contribution is -2.41. The molecule has 0 atom stereocenters. The molecule has 4 N–H and O–H groups in total. The van der Waals surface area contributed by atoms with Crippen LogP contribution in [0.2, 0.25) is 0 Å². The standard InChI is InChI=1S/C32H44FN5O5S/c1-32(2)16-26-29(44(41,42)19-32)23-17-43-18-27(23)38(26)22-14-24(33)28(30(34)39)25(15-22)36-21-8-6-20(7-9-21)31(40)35-10-13-37-11-4-3-5-12-37/h14-15,20-21,36H,3-13,16-19H2,1-2H3,(H2,34,39)(H,35,40). The van der Waals surface area contributed by atoms with Crippen LogP contribution in [-0.2, 0) is 39.0 Å². The number of carbonyl (C=O) groups is 2. The number of hydrogen-bond acceptors (Lipinski definition) is 7. The fourth-order valence-electron chi connectivity index (χ4n) is 7.65. The molecule has 1 aromatic carbocycles. The van der Waals surface area contributed by atoms with Crippen molar-refractivity contribution in [2.75, 3.05) is 37.2 Å². The van der Waals surface area contributed by atoms with Crippen molar-refractivity contribution in [1.29, 1.82) is 0 Å². The highest BCUT2D eigenvalue weighted by Gasteiger charge is 2.43. The van der Waals surface area contributed by atoms with Gasteiger partial charge in [-0.1, -0.05) is 20.3 Å². The van der Waals surface area contributed by atoms with Crippen LogP contribution in [0.3, 0.4) is 0 Å². The Bertz CT molecular complexity index is 1560. The summed E-state index contributed by atoms with van der Waals surface area (Å²) in [6, 6.07) is 2.87. The number of carbonyl (C=O) groups excluding carboxylic acids is 2. The maximum absolute atomic E-state index is 15.7. The van der Waals surface area contributed by atoms with Crippen LogP contribution < -0.4 is 16.4 Å². The number of piperidine rings is 1. The van der Waals surface area contributed by atoms with Gasteiger partial charge in [-0.2, -0.15) is 0 Å². The maximum atomic E-state index is 15.7. The van der Waals surface area contributed by atoms with Crippen molar-refractivity contribution in [1.82, 2.24) is 14.8 Å². The number of rotatable bonds is 8. The van der Waals surface area contributed by atoms with Gasteiger partial charge in [0, 0.05) is 36.3 Å². The second-order valence-electron chi connectivity index (χ2n) is 13.7.